The number of benzene rings is 1. The molecule has 2 aromatic rings. The topological polar surface area (TPSA) is 90.3 Å². The van der Waals surface area contributed by atoms with Crippen LogP contribution in [0, 0.1) is 35.0 Å². The van der Waals surface area contributed by atoms with Crippen molar-refractivity contribution < 1.29 is 14.4 Å². The van der Waals surface area contributed by atoms with E-state index in [2.05, 4.69) is 23.5 Å². The lowest BCUT2D eigenvalue weighted by Gasteiger charge is -2.17. The van der Waals surface area contributed by atoms with Crippen LogP contribution in [0.25, 0.3) is 0 Å². The van der Waals surface area contributed by atoms with E-state index in [1.165, 1.54) is 21.1 Å². The molecule has 2 bridgehead atoms. The van der Waals surface area contributed by atoms with Gasteiger partial charge >= 0.3 is 0 Å². The Kier molecular flexibility index (Phi) is 3.96. The van der Waals surface area contributed by atoms with E-state index in [1.54, 1.807) is 24.3 Å². The van der Waals surface area contributed by atoms with Gasteiger partial charge in [0.2, 0.25) is 11.8 Å². The molecule has 4 unspecified atom stereocenters. The number of allylic oxidation sites excluding steroid dienone is 2. The van der Waals surface area contributed by atoms with Crippen LogP contribution in [0.5, 0.6) is 0 Å². The van der Waals surface area contributed by atoms with E-state index < -0.39 is 0 Å². The predicted molar refractivity (Wildman–Crippen MR) is 116 cm³/mol. The average molecular weight is 430 g/mol. The highest BCUT2D eigenvalue weighted by molar-refractivity contribution is 7.16. The first-order valence-electron chi connectivity index (χ1n) is 10.6. The van der Waals surface area contributed by atoms with Crippen LogP contribution in [0.3, 0.4) is 0 Å². The monoisotopic (exact) mass is 429 g/mol. The maximum Gasteiger partial charge on any atom is 0.256 e. The third kappa shape index (κ3) is 2.58. The van der Waals surface area contributed by atoms with Crippen LogP contribution in [-0.4, -0.2) is 17.7 Å². The molecule has 1 saturated heterocycles. The molecule has 1 aromatic carbocycles. The number of amides is 3. The minimum Gasteiger partial charge on any atom is -0.312 e. The highest BCUT2D eigenvalue weighted by Crippen LogP contribution is 2.53. The number of anilines is 2. The molecule has 1 N–H and O–H groups in total. The zero-order valence-electron chi connectivity index (χ0n) is 16.6. The lowest BCUT2D eigenvalue weighted by atomic mass is 9.85. The zero-order valence-corrected chi connectivity index (χ0v) is 17.4. The summed E-state index contributed by atoms with van der Waals surface area (Å²) in [6.07, 6.45) is 7.94. The molecule has 154 valence electrons. The Bertz CT molecular complexity index is 1190. The fourth-order valence-electron chi connectivity index (χ4n) is 5.70. The Labute approximate surface area is 183 Å². The second-order valence-electron chi connectivity index (χ2n) is 8.69. The van der Waals surface area contributed by atoms with E-state index in [0.717, 1.165) is 31.2 Å². The van der Waals surface area contributed by atoms with Gasteiger partial charge in [-0.15, -0.1) is 11.3 Å². The molecule has 4 atom stereocenters. The SMILES string of the molecule is N#Cc1c(NC(=O)c2ccc(N3C(=O)C4C5C=CC(C5)C4C3=O)cc2)sc2c1CCC2. The lowest BCUT2D eigenvalue weighted by Crippen LogP contribution is -2.32. The van der Waals surface area contributed by atoms with E-state index in [1.807, 2.05) is 0 Å². The van der Waals surface area contributed by atoms with Gasteiger partial charge in [-0.2, -0.15) is 5.26 Å². The highest BCUT2D eigenvalue weighted by atomic mass is 32.1. The standard InChI is InChI=1S/C24H19N3O3S/c25-11-17-16-2-1-3-18(16)31-22(17)26-21(28)12-6-8-15(9-7-12)27-23(29)19-13-4-5-14(10-13)20(19)24(27)30/h4-9,13-14,19-20H,1-3,10H2,(H,26,28). The van der Waals surface area contributed by atoms with E-state index in [0.29, 0.717) is 21.8 Å². The van der Waals surface area contributed by atoms with E-state index in [9.17, 15) is 19.6 Å². The van der Waals surface area contributed by atoms with Gasteiger partial charge in [0.05, 0.1) is 23.1 Å². The van der Waals surface area contributed by atoms with Gasteiger partial charge in [0, 0.05) is 10.4 Å². The summed E-state index contributed by atoms with van der Waals surface area (Å²) in [6, 6.07) is 8.79. The van der Waals surface area contributed by atoms with Crippen molar-refractivity contribution in [3.63, 3.8) is 0 Å². The van der Waals surface area contributed by atoms with E-state index in [4.69, 9.17) is 0 Å². The largest absolute Gasteiger partial charge is 0.312 e. The van der Waals surface area contributed by atoms with Crippen molar-refractivity contribution in [3.8, 4) is 6.07 Å². The molecule has 1 aliphatic heterocycles. The number of aryl methyl sites for hydroxylation is 1. The summed E-state index contributed by atoms with van der Waals surface area (Å²) < 4.78 is 0. The van der Waals surface area contributed by atoms with Crippen LogP contribution in [0.2, 0.25) is 0 Å². The van der Waals surface area contributed by atoms with Crippen LogP contribution in [0.4, 0.5) is 10.7 Å². The summed E-state index contributed by atoms with van der Waals surface area (Å²) in [4.78, 5) is 41.1. The Morgan fingerprint density at radius 1 is 1.06 bits per heavy atom. The van der Waals surface area contributed by atoms with Crippen molar-refractivity contribution in [3.05, 3.63) is 58.0 Å². The van der Waals surface area contributed by atoms with Crippen LogP contribution >= 0.6 is 11.3 Å². The van der Waals surface area contributed by atoms with Crippen molar-refractivity contribution in [1.82, 2.24) is 0 Å². The molecule has 6 nitrogen and oxygen atoms in total. The maximum absolute atomic E-state index is 12.9. The molecule has 2 fully saturated rings. The fraction of sp³-hybridized carbons (Fsp3) is 0.333. The second kappa shape index (κ2) is 6.63. The number of thiophene rings is 1. The van der Waals surface area contributed by atoms with Gasteiger partial charge in [-0.25, -0.2) is 0 Å². The second-order valence-corrected chi connectivity index (χ2v) is 9.79. The number of carbonyl (C=O) groups is 3. The van der Waals surface area contributed by atoms with Gasteiger partial charge in [0.25, 0.3) is 5.91 Å². The van der Waals surface area contributed by atoms with Crippen molar-refractivity contribution in [2.24, 2.45) is 23.7 Å². The Morgan fingerprint density at radius 2 is 1.74 bits per heavy atom. The van der Waals surface area contributed by atoms with Crippen molar-refractivity contribution in [1.29, 1.82) is 5.26 Å². The summed E-state index contributed by atoms with van der Waals surface area (Å²) in [6.45, 7) is 0. The van der Waals surface area contributed by atoms with Crippen LogP contribution < -0.4 is 10.2 Å². The first-order chi connectivity index (χ1) is 15.1. The van der Waals surface area contributed by atoms with Gasteiger partial charge < -0.3 is 5.32 Å². The maximum atomic E-state index is 12.9. The molecule has 4 aliphatic rings. The average Bonchev–Trinajstić information content (AvgIpc) is 3.56. The van der Waals surface area contributed by atoms with Crippen LogP contribution in [0.15, 0.2) is 36.4 Å². The van der Waals surface area contributed by atoms with Gasteiger partial charge in [-0.1, -0.05) is 12.2 Å². The minimum absolute atomic E-state index is 0.129. The normalized spacial score (nSPS) is 27.5. The third-order valence-electron chi connectivity index (χ3n) is 7.12. The summed E-state index contributed by atoms with van der Waals surface area (Å²) >= 11 is 1.48. The molecular formula is C24H19N3O3S. The number of hydrogen-bond donors (Lipinski definition) is 1. The molecule has 1 aromatic heterocycles. The molecule has 0 spiro atoms. The minimum atomic E-state index is -0.304. The van der Waals surface area contributed by atoms with Crippen molar-refractivity contribution in [2.75, 3.05) is 10.2 Å². The summed E-state index contributed by atoms with van der Waals surface area (Å²) in [5.41, 5.74) is 2.57. The van der Waals surface area contributed by atoms with Crippen LogP contribution in [0.1, 0.15) is 39.2 Å². The molecule has 3 amide bonds. The number of imide groups is 1. The highest BCUT2D eigenvalue weighted by Gasteiger charge is 2.59. The molecule has 31 heavy (non-hydrogen) atoms. The van der Waals surface area contributed by atoms with Crippen molar-refractivity contribution >= 4 is 39.7 Å². The Hall–Kier alpha value is -3.24. The third-order valence-corrected chi connectivity index (χ3v) is 8.33. The number of nitriles is 1. The molecule has 6 rings (SSSR count). The van der Waals surface area contributed by atoms with E-state index in [-0.39, 0.29) is 41.4 Å². The van der Waals surface area contributed by atoms with E-state index >= 15 is 0 Å². The lowest BCUT2D eigenvalue weighted by molar-refractivity contribution is -0.123. The van der Waals surface area contributed by atoms with Gasteiger partial charge in [-0.3, -0.25) is 19.3 Å². The molecule has 2 heterocycles. The number of fused-ring (bicyclic) bond motifs is 6. The summed E-state index contributed by atoms with van der Waals surface area (Å²) in [5, 5.41) is 13.0. The predicted octanol–water partition coefficient (Wildman–Crippen LogP) is 3.67. The summed E-state index contributed by atoms with van der Waals surface area (Å²) in [7, 11) is 0. The quantitative estimate of drug-likeness (QED) is 0.595. The number of nitrogens with one attached hydrogen (secondary N) is 1. The summed E-state index contributed by atoms with van der Waals surface area (Å²) in [5.74, 6) is -0.703. The number of hydrogen-bond acceptors (Lipinski definition) is 5. The number of carbonyl (C=O) groups excluding carboxylic acids is 3. The van der Waals surface area contributed by atoms with Crippen LogP contribution in [-0.2, 0) is 22.4 Å². The van der Waals surface area contributed by atoms with Gasteiger partial charge in [0.1, 0.15) is 11.1 Å². The molecular weight excluding hydrogens is 410 g/mol. The Morgan fingerprint density at radius 3 is 2.39 bits per heavy atom. The van der Waals surface area contributed by atoms with Gasteiger partial charge in [0.15, 0.2) is 0 Å². The zero-order chi connectivity index (χ0) is 21.3. The molecule has 3 aliphatic carbocycles. The van der Waals surface area contributed by atoms with Gasteiger partial charge in [-0.05, 0) is 67.3 Å². The number of nitrogens with zero attached hydrogens (tertiary/aromatic N) is 2. The first kappa shape index (κ1) is 18.5. The first-order valence-corrected chi connectivity index (χ1v) is 11.4. The number of rotatable bonds is 3. The molecule has 1 saturated carbocycles. The Balaban J connectivity index is 1.22. The fourth-order valence-corrected chi connectivity index (χ4v) is 6.94. The van der Waals surface area contributed by atoms with Crippen molar-refractivity contribution in [2.45, 2.75) is 25.7 Å². The molecule has 0 radical (unpaired) electrons. The molecule has 7 heteroatoms. The smallest absolute Gasteiger partial charge is 0.256 e.